The third kappa shape index (κ3) is 4.07. The van der Waals surface area contributed by atoms with Gasteiger partial charge in [-0.1, -0.05) is 12.1 Å². The van der Waals surface area contributed by atoms with Crippen molar-refractivity contribution in [3.8, 4) is 0 Å². The fourth-order valence-electron chi connectivity index (χ4n) is 1.72. The molecule has 21 heavy (non-hydrogen) atoms. The topological polar surface area (TPSA) is 43.1 Å². The second-order valence-electron chi connectivity index (χ2n) is 4.37. The molecule has 7 heteroatoms. The van der Waals surface area contributed by atoms with Gasteiger partial charge in [0.1, 0.15) is 0 Å². The van der Waals surface area contributed by atoms with E-state index < -0.39 is 22.5 Å². The molecule has 0 aliphatic rings. The predicted octanol–water partition coefficient (Wildman–Crippen LogP) is 4.36. The van der Waals surface area contributed by atoms with Gasteiger partial charge in [0, 0.05) is 10.2 Å². The molecule has 0 saturated heterocycles. The maximum atomic E-state index is 12.5. The molecule has 2 aromatic carbocycles. The molecule has 0 bridgehead atoms. The van der Waals surface area contributed by atoms with Gasteiger partial charge in [-0.05, 0) is 51.8 Å². The summed E-state index contributed by atoms with van der Waals surface area (Å²) in [6, 6.07) is 9.57. The van der Waals surface area contributed by atoms with Gasteiger partial charge in [0.25, 0.3) is 0 Å². The van der Waals surface area contributed by atoms with E-state index in [1.54, 1.807) is 18.2 Å². The first-order valence-corrected chi connectivity index (χ1v) is 7.98. The van der Waals surface area contributed by atoms with Gasteiger partial charge >= 0.3 is 6.18 Å². The lowest BCUT2D eigenvalue weighted by atomic mass is 10.1. The van der Waals surface area contributed by atoms with E-state index in [2.05, 4.69) is 15.9 Å². The molecule has 112 valence electrons. The lowest BCUT2D eigenvalue weighted by Gasteiger charge is -2.08. The number of rotatable bonds is 3. The first-order valence-electron chi connectivity index (χ1n) is 5.87. The molecule has 0 amide bonds. The number of hydrogen-bond donors (Lipinski definition) is 1. The van der Waals surface area contributed by atoms with Crippen LogP contribution in [0.5, 0.6) is 0 Å². The highest BCUT2D eigenvalue weighted by atomic mass is 79.9. The van der Waals surface area contributed by atoms with Crippen LogP contribution in [0.4, 0.5) is 18.9 Å². The first kappa shape index (κ1) is 16.0. The highest BCUT2D eigenvalue weighted by Gasteiger charge is 2.29. The minimum absolute atomic E-state index is 0.140. The Balaban J connectivity index is 2.16. The summed E-state index contributed by atoms with van der Waals surface area (Å²) in [5.41, 5.74) is 6.00. The van der Waals surface area contributed by atoms with Crippen molar-refractivity contribution in [3.63, 3.8) is 0 Å². The zero-order valence-corrected chi connectivity index (χ0v) is 13.1. The van der Waals surface area contributed by atoms with Crippen LogP contribution in [0.25, 0.3) is 0 Å². The van der Waals surface area contributed by atoms with Gasteiger partial charge < -0.3 is 5.73 Å². The Morgan fingerprint density at radius 1 is 1.10 bits per heavy atom. The molecule has 0 heterocycles. The number of halogens is 4. The van der Waals surface area contributed by atoms with Crippen LogP contribution in [0.3, 0.4) is 0 Å². The Kier molecular flexibility index (Phi) is 4.73. The highest BCUT2D eigenvalue weighted by Crippen LogP contribution is 2.30. The molecule has 0 aromatic heterocycles. The first-order chi connectivity index (χ1) is 9.77. The number of benzene rings is 2. The van der Waals surface area contributed by atoms with Crippen molar-refractivity contribution in [2.24, 2.45) is 0 Å². The number of alkyl halides is 3. The summed E-state index contributed by atoms with van der Waals surface area (Å²) < 4.78 is 50.2. The standard InChI is InChI=1S/C14H11BrF3NOS/c15-12-7-11(19)5-6-13(12)21(20)8-9-1-3-10(4-2-9)14(16,17)18/h1-7H,8,19H2. The van der Waals surface area contributed by atoms with Crippen molar-refractivity contribution >= 4 is 32.4 Å². The maximum Gasteiger partial charge on any atom is 0.416 e. The fraction of sp³-hybridized carbons (Fsp3) is 0.143. The van der Waals surface area contributed by atoms with Gasteiger partial charge in [-0.15, -0.1) is 0 Å². The van der Waals surface area contributed by atoms with Crippen LogP contribution in [-0.4, -0.2) is 4.21 Å². The molecule has 0 fully saturated rings. The molecular formula is C14H11BrF3NOS. The molecule has 1 unspecified atom stereocenters. The van der Waals surface area contributed by atoms with Crippen LogP contribution in [-0.2, 0) is 22.7 Å². The summed E-state index contributed by atoms with van der Waals surface area (Å²) >= 11 is 3.28. The third-order valence-electron chi connectivity index (χ3n) is 2.78. The van der Waals surface area contributed by atoms with E-state index in [0.717, 1.165) is 12.1 Å². The molecule has 0 saturated carbocycles. The Morgan fingerprint density at radius 2 is 1.71 bits per heavy atom. The van der Waals surface area contributed by atoms with Gasteiger partial charge in [0.05, 0.1) is 27.0 Å². The fourth-order valence-corrected chi connectivity index (χ4v) is 3.81. The summed E-state index contributed by atoms with van der Waals surface area (Å²) in [7, 11) is -1.37. The lowest BCUT2D eigenvalue weighted by molar-refractivity contribution is -0.137. The van der Waals surface area contributed by atoms with E-state index in [1.807, 2.05) is 0 Å². The minimum atomic E-state index is -4.36. The largest absolute Gasteiger partial charge is 0.416 e. The van der Waals surface area contributed by atoms with Crippen LogP contribution < -0.4 is 5.73 Å². The average molecular weight is 378 g/mol. The second kappa shape index (κ2) is 6.19. The van der Waals surface area contributed by atoms with Crippen LogP contribution >= 0.6 is 15.9 Å². The Morgan fingerprint density at radius 3 is 2.24 bits per heavy atom. The molecule has 2 aromatic rings. The van der Waals surface area contributed by atoms with Gasteiger partial charge in [-0.25, -0.2) is 0 Å². The monoisotopic (exact) mass is 377 g/mol. The predicted molar refractivity (Wildman–Crippen MR) is 80.1 cm³/mol. The number of hydrogen-bond acceptors (Lipinski definition) is 2. The molecule has 0 spiro atoms. The van der Waals surface area contributed by atoms with Gasteiger partial charge in [0.2, 0.25) is 0 Å². The van der Waals surface area contributed by atoms with E-state index in [9.17, 15) is 17.4 Å². The van der Waals surface area contributed by atoms with E-state index in [0.29, 0.717) is 20.6 Å². The Hall–Kier alpha value is -1.34. The molecule has 0 radical (unpaired) electrons. The van der Waals surface area contributed by atoms with Crippen molar-refractivity contribution in [1.82, 2.24) is 0 Å². The number of nitrogen functional groups attached to an aromatic ring is 1. The lowest BCUT2D eigenvalue weighted by Crippen LogP contribution is -2.05. The van der Waals surface area contributed by atoms with E-state index >= 15 is 0 Å². The summed E-state index contributed by atoms with van der Waals surface area (Å²) in [5.74, 6) is 0.140. The molecule has 2 N–H and O–H groups in total. The van der Waals surface area contributed by atoms with Crippen molar-refractivity contribution in [2.75, 3.05) is 5.73 Å². The molecule has 0 aliphatic carbocycles. The van der Waals surface area contributed by atoms with E-state index in [4.69, 9.17) is 5.73 Å². The van der Waals surface area contributed by atoms with Crippen molar-refractivity contribution < 1.29 is 17.4 Å². The summed E-state index contributed by atoms with van der Waals surface area (Å²) in [5, 5.41) is 0. The van der Waals surface area contributed by atoms with E-state index in [-0.39, 0.29) is 5.75 Å². The SMILES string of the molecule is Nc1ccc(S(=O)Cc2ccc(C(F)(F)F)cc2)c(Br)c1. The normalized spacial score (nSPS) is 13.1. The Labute approximate surface area is 130 Å². The molecule has 2 rings (SSSR count). The minimum Gasteiger partial charge on any atom is -0.399 e. The van der Waals surface area contributed by atoms with Crippen molar-refractivity contribution in [3.05, 3.63) is 58.1 Å². The van der Waals surface area contributed by atoms with Crippen molar-refractivity contribution in [2.45, 2.75) is 16.8 Å². The molecule has 2 nitrogen and oxygen atoms in total. The summed E-state index contributed by atoms with van der Waals surface area (Å²) in [4.78, 5) is 0.559. The van der Waals surface area contributed by atoms with Gasteiger partial charge in [-0.2, -0.15) is 13.2 Å². The van der Waals surface area contributed by atoms with E-state index in [1.165, 1.54) is 12.1 Å². The number of anilines is 1. The van der Waals surface area contributed by atoms with Crippen molar-refractivity contribution in [1.29, 1.82) is 0 Å². The number of nitrogens with two attached hydrogens (primary N) is 1. The summed E-state index contributed by atoms with van der Waals surface area (Å²) in [6.45, 7) is 0. The van der Waals surface area contributed by atoms with Crippen LogP contribution in [0.1, 0.15) is 11.1 Å². The zero-order valence-electron chi connectivity index (χ0n) is 10.7. The average Bonchev–Trinajstić information content (AvgIpc) is 2.38. The highest BCUT2D eigenvalue weighted by molar-refractivity contribution is 9.10. The van der Waals surface area contributed by atoms with Gasteiger partial charge in [-0.3, -0.25) is 4.21 Å². The summed E-state index contributed by atoms with van der Waals surface area (Å²) in [6.07, 6.45) is -4.36. The maximum absolute atomic E-state index is 12.5. The quantitative estimate of drug-likeness (QED) is 0.807. The van der Waals surface area contributed by atoms with Crippen LogP contribution in [0.2, 0.25) is 0 Å². The molecular weight excluding hydrogens is 367 g/mol. The third-order valence-corrected chi connectivity index (χ3v) is 5.14. The van der Waals surface area contributed by atoms with Crippen LogP contribution in [0, 0.1) is 0 Å². The molecule has 0 aliphatic heterocycles. The molecule has 1 atom stereocenters. The van der Waals surface area contributed by atoms with Crippen LogP contribution in [0.15, 0.2) is 51.8 Å². The zero-order chi connectivity index (χ0) is 15.6. The second-order valence-corrected chi connectivity index (χ2v) is 6.65. The Bertz CT molecular complexity index is 671. The van der Waals surface area contributed by atoms with Gasteiger partial charge in [0.15, 0.2) is 0 Å². The smallest absolute Gasteiger partial charge is 0.399 e.